The van der Waals surface area contributed by atoms with E-state index in [-0.39, 0.29) is 12.1 Å². The molecule has 0 saturated heterocycles. The molecule has 0 aliphatic rings. The molecule has 0 amide bonds. The van der Waals surface area contributed by atoms with Crippen molar-refractivity contribution in [1.29, 1.82) is 0 Å². The summed E-state index contributed by atoms with van der Waals surface area (Å²) >= 11 is 3.26. The van der Waals surface area contributed by atoms with Crippen molar-refractivity contribution in [1.82, 2.24) is 0 Å². The molecule has 0 aliphatic heterocycles. The Hall–Kier alpha value is -1.63. The molecular formula is C12H14BrNO5. The summed E-state index contributed by atoms with van der Waals surface area (Å²) in [4.78, 5) is 20.4. The number of hydrogen-bond donors (Lipinski definition) is 1. The maximum absolute atomic E-state index is 10.6. The van der Waals surface area contributed by atoms with Crippen LogP contribution in [0.2, 0.25) is 0 Å². The molecule has 6 nitrogen and oxygen atoms in total. The van der Waals surface area contributed by atoms with Crippen LogP contribution in [-0.4, -0.2) is 22.6 Å². The predicted octanol–water partition coefficient (Wildman–Crippen LogP) is 3.38. The summed E-state index contributed by atoms with van der Waals surface area (Å²) < 4.78 is 6.09. The predicted molar refractivity (Wildman–Crippen MR) is 72.4 cm³/mol. The first-order valence-electron chi connectivity index (χ1n) is 5.79. The van der Waals surface area contributed by atoms with E-state index in [2.05, 4.69) is 15.9 Å². The Bertz CT molecular complexity index is 463. The first kappa shape index (κ1) is 15.4. The van der Waals surface area contributed by atoms with E-state index < -0.39 is 10.9 Å². The van der Waals surface area contributed by atoms with Gasteiger partial charge in [0, 0.05) is 12.5 Å². The Morgan fingerprint density at radius 2 is 2.11 bits per heavy atom. The maximum Gasteiger partial charge on any atom is 0.303 e. The topological polar surface area (TPSA) is 89.7 Å². The van der Waals surface area contributed by atoms with Gasteiger partial charge in [0.1, 0.15) is 5.75 Å². The maximum atomic E-state index is 10.6. The first-order chi connectivity index (χ1) is 9.00. The molecule has 1 aromatic carbocycles. The molecule has 0 saturated carbocycles. The Morgan fingerprint density at radius 1 is 1.37 bits per heavy atom. The lowest BCUT2D eigenvalue weighted by Crippen LogP contribution is -2.00. The second kappa shape index (κ2) is 7.73. The number of non-ortho nitro benzene ring substituents is 1. The fraction of sp³-hybridized carbons (Fsp3) is 0.417. The number of halogens is 1. The molecule has 7 heteroatoms. The van der Waals surface area contributed by atoms with E-state index in [1.54, 1.807) is 6.07 Å². The van der Waals surface area contributed by atoms with Gasteiger partial charge in [-0.1, -0.05) is 0 Å². The van der Waals surface area contributed by atoms with Crippen LogP contribution in [0.4, 0.5) is 5.69 Å². The average molecular weight is 332 g/mol. The molecule has 0 aromatic heterocycles. The molecule has 0 bridgehead atoms. The lowest BCUT2D eigenvalue weighted by atomic mass is 10.2. The Morgan fingerprint density at radius 3 is 2.74 bits per heavy atom. The van der Waals surface area contributed by atoms with Gasteiger partial charge in [-0.15, -0.1) is 0 Å². The van der Waals surface area contributed by atoms with Crippen LogP contribution in [0.15, 0.2) is 22.7 Å². The monoisotopic (exact) mass is 331 g/mol. The third-order valence-corrected chi connectivity index (χ3v) is 3.07. The molecule has 19 heavy (non-hydrogen) atoms. The number of nitro groups is 1. The SMILES string of the molecule is O=C(O)CCCCCOc1cc([N+](=O)[O-])ccc1Br. The molecule has 0 aliphatic carbocycles. The second-order valence-corrected chi connectivity index (χ2v) is 4.78. The largest absolute Gasteiger partial charge is 0.492 e. The third kappa shape index (κ3) is 5.69. The van der Waals surface area contributed by atoms with Gasteiger partial charge < -0.3 is 9.84 Å². The van der Waals surface area contributed by atoms with E-state index in [0.29, 0.717) is 29.7 Å². The number of nitrogens with zero attached hydrogens (tertiary/aromatic N) is 1. The summed E-state index contributed by atoms with van der Waals surface area (Å²) in [7, 11) is 0. The van der Waals surface area contributed by atoms with Gasteiger partial charge in [0.15, 0.2) is 0 Å². The van der Waals surface area contributed by atoms with Crippen LogP contribution in [0.3, 0.4) is 0 Å². The van der Waals surface area contributed by atoms with Crippen molar-refractivity contribution >= 4 is 27.6 Å². The fourth-order valence-corrected chi connectivity index (χ4v) is 1.81. The van der Waals surface area contributed by atoms with Crippen LogP contribution < -0.4 is 4.74 Å². The average Bonchev–Trinajstić information content (AvgIpc) is 2.34. The molecule has 1 rings (SSSR count). The van der Waals surface area contributed by atoms with Crippen molar-refractivity contribution < 1.29 is 19.6 Å². The number of carbonyl (C=O) groups is 1. The van der Waals surface area contributed by atoms with Crippen LogP contribution >= 0.6 is 15.9 Å². The zero-order chi connectivity index (χ0) is 14.3. The summed E-state index contributed by atoms with van der Waals surface area (Å²) in [5.74, 6) is -0.380. The van der Waals surface area contributed by atoms with Gasteiger partial charge in [-0.25, -0.2) is 0 Å². The van der Waals surface area contributed by atoms with Gasteiger partial charge in [-0.2, -0.15) is 0 Å². The van der Waals surface area contributed by atoms with Crippen LogP contribution in [-0.2, 0) is 4.79 Å². The Labute approximate surface area is 118 Å². The minimum atomic E-state index is -0.803. The number of nitro benzene ring substituents is 1. The van der Waals surface area contributed by atoms with E-state index in [4.69, 9.17) is 9.84 Å². The number of hydrogen-bond acceptors (Lipinski definition) is 4. The van der Waals surface area contributed by atoms with Crippen molar-refractivity contribution in [2.45, 2.75) is 25.7 Å². The number of aliphatic carboxylic acids is 1. The molecule has 0 atom stereocenters. The zero-order valence-corrected chi connectivity index (χ0v) is 11.8. The summed E-state index contributed by atoms with van der Waals surface area (Å²) in [6, 6.07) is 4.32. The van der Waals surface area contributed by atoms with E-state index in [1.807, 2.05) is 0 Å². The van der Waals surface area contributed by atoms with E-state index in [9.17, 15) is 14.9 Å². The van der Waals surface area contributed by atoms with Crippen LogP contribution in [0, 0.1) is 10.1 Å². The summed E-state index contributed by atoms with van der Waals surface area (Å²) in [5.41, 5.74) is -0.0240. The molecule has 0 unspecified atom stereocenters. The quantitative estimate of drug-likeness (QED) is 0.448. The van der Waals surface area contributed by atoms with Crippen LogP contribution in [0.25, 0.3) is 0 Å². The molecule has 104 valence electrons. The number of unbranched alkanes of at least 4 members (excludes halogenated alkanes) is 2. The fourth-order valence-electron chi connectivity index (χ4n) is 1.45. The normalized spacial score (nSPS) is 10.2. The Kier molecular flexibility index (Phi) is 6.27. The van der Waals surface area contributed by atoms with Crippen molar-refractivity contribution in [3.05, 3.63) is 32.8 Å². The number of carboxylic acid groups (broad SMARTS) is 1. The molecule has 0 spiro atoms. The number of benzene rings is 1. The Balaban J connectivity index is 2.38. The smallest absolute Gasteiger partial charge is 0.303 e. The number of rotatable bonds is 8. The third-order valence-electron chi connectivity index (χ3n) is 2.42. The van der Waals surface area contributed by atoms with Crippen molar-refractivity contribution in [3.63, 3.8) is 0 Å². The lowest BCUT2D eigenvalue weighted by molar-refractivity contribution is -0.385. The van der Waals surface area contributed by atoms with E-state index in [0.717, 1.165) is 6.42 Å². The molecule has 1 N–H and O–H groups in total. The molecular weight excluding hydrogens is 318 g/mol. The van der Waals surface area contributed by atoms with Gasteiger partial charge in [-0.05, 0) is 41.3 Å². The highest BCUT2D eigenvalue weighted by molar-refractivity contribution is 9.10. The lowest BCUT2D eigenvalue weighted by Gasteiger charge is -2.07. The van der Waals surface area contributed by atoms with Gasteiger partial charge >= 0.3 is 5.97 Å². The highest BCUT2D eigenvalue weighted by Crippen LogP contribution is 2.29. The standard InChI is InChI=1S/C12H14BrNO5/c13-10-6-5-9(14(17)18)8-11(10)19-7-3-1-2-4-12(15)16/h5-6,8H,1-4,7H2,(H,15,16). The molecule has 0 radical (unpaired) electrons. The molecule has 1 aromatic rings. The van der Waals surface area contributed by atoms with Gasteiger partial charge in [0.25, 0.3) is 5.69 Å². The highest BCUT2D eigenvalue weighted by Gasteiger charge is 2.10. The van der Waals surface area contributed by atoms with Crippen LogP contribution in [0.1, 0.15) is 25.7 Å². The molecule has 0 heterocycles. The first-order valence-corrected chi connectivity index (χ1v) is 6.58. The summed E-state index contributed by atoms with van der Waals surface area (Å²) in [6.45, 7) is 0.402. The van der Waals surface area contributed by atoms with Crippen molar-refractivity contribution in [2.24, 2.45) is 0 Å². The summed E-state index contributed by atoms with van der Waals surface area (Å²) in [5, 5.41) is 19.1. The van der Waals surface area contributed by atoms with Gasteiger partial charge in [0.2, 0.25) is 0 Å². The minimum absolute atomic E-state index is 0.0240. The summed E-state index contributed by atoms with van der Waals surface area (Å²) in [6.07, 6.45) is 2.22. The van der Waals surface area contributed by atoms with E-state index >= 15 is 0 Å². The van der Waals surface area contributed by atoms with Crippen molar-refractivity contribution in [3.8, 4) is 5.75 Å². The van der Waals surface area contributed by atoms with Crippen LogP contribution in [0.5, 0.6) is 5.75 Å². The molecule has 0 fully saturated rings. The zero-order valence-electron chi connectivity index (χ0n) is 10.2. The van der Waals surface area contributed by atoms with Gasteiger partial charge in [-0.3, -0.25) is 14.9 Å². The minimum Gasteiger partial charge on any atom is -0.492 e. The highest BCUT2D eigenvalue weighted by atomic mass is 79.9. The number of ether oxygens (including phenoxy) is 1. The van der Waals surface area contributed by atoms with Gasteiger partial charge in [0.05, 0.1) is 22.1 Å². The van der Waals surface area contributed by atoms with Crippen molar-refractivity contribution in [2.75, 3.05) is 6.61 Å². The second-order valence-electron chi connectivity index (χ2n) is 3.92. The number of carboxylic acids is 1. The van der Waals surface area contributed by atoms with E-state index in [1.165, 1.54) is 12.1 Å².